The minimum atomic E-state index is -1.97. The van der Waals surface area contributed by atoms with Gasteiger partial charge in [0.25, 0.3) is 0 Å². The van der Waals surface area contributed by atoms with Crippen LogP contribution in [-0.4, -0.2) is 52.0 Å². The van der Waals surface area contributed by atoms with E-state index in [9.17, 15) is 9.00 Å². The smallest absolute Gasteiger partial charge is 0.226 e. The molecule has 2 aliphatic rings. The van der Waals surface area contributed by atoms with Gasteiger partial charge in [0.2, 0.25) is 5.91 Å². The number of carbonyl (C=O) groups excluding carboxylic acids is 1. The molecule has 0 aliphatic carbocycles. The van der Waals surface area contributed by atoms with Gasteiger partial charge in [-0.05, 0) is 63.9 Å². The van der Waals surface area contributed by atoms with Crippen molar-refractivity contribution in [1.29, 1.82) is 0 Å². The molecular weight excluding hydrogens is 412 g/mol. The SMILES string of the molecule is C=S1(=O)CCC(C(=O)N2CCN(c3ccc(Cl)cc3)CC2c2cccs2)CC1. The maximum atomic E-state index is 13.3. The van der Waals surface area contributed by atoms with E-state index in [-0.39, 0.29) is 17.9 Å². The molecule has 4 nitrogen and oxygen atoms in total. The molecule has 1 atom stereocenters. The highest BCUT2D eigenvalue weighted by molar-refractivity contribution is 8.00. The number of hydrogen-bond acceptors (Lipinski definition) is 4. The third kappa shape index (κ3) is 4.24. The maximum Gasteiger partial charge on any atom is 0.226 e. The van der Waals surface area contributed by atoms with E-state index in [0.29, 0.717) is 30.9 Å². The lowest BCUT2D eigenvalue weighted by Gasteiger charge is -2.44. The van der Waals surface area contributed by atoms with Gasteiger partial charge >= 0.3 is 0 Å². The number of piperazine rings is 1. The van der Waals surface area contributed by atoms with Gasteiger partial charge in [-0.15, -0.1) is 11.3 Å². The van der Waals surface area contributed by atoms with Gasteiger partial charge in [-0.25, -0.2) is 0 Å². The summed E-state index contributed by atoms with van der Waals surface area (Å²) in [5.74, 6) is 5.15. The highest BCUT2D eigenvalue weighted by Gasteiger charge is 2.36. The molecule has 0 spiro atoms. The maximum absolute atomic E-state index is 13.3. The van der Waals surface area contributed by atoms with Gasteiger partial charge in [0.1, 0.15) is 0 Å². The topological polar surface area (TPSA) is 40.6 Å². The Morgan fingerprint density at radius 1 is 1.14 bits per heavy atom. The monoisotopic (exact) mass is 436 g/mol. The number of nitrogens with zero attached hydrogens (tertiary/aromatic N) is 2. The highest BCUT2D eigenvalue weighted by Crippen LogP contribution is 2.34. The molecule has 0 bridgehead atoms. The second-order valence-electron chi connectivity index (χ2n) is 7.63. The molecule has 7 heteroatoms. The fourth-order valence-corrected chi connectivity index (χ4v) is 6.69. The zero-order chi connectivity index (χ0) is 19.7. The molecule has 1 unspecified atom stereocenters. The minimum Gasteiger partial charge on any atom is -0.367 e. The van der Waals surface area contributed by atoms with Crippen molar-refractivity contribution in [3.8, 4) is 0 Å². The van der Waals surface area contributed by atoms with Gasteiger partial charge in [-0.1, -0.05) is 17.7 Å². The summed E-state index contributed by atoms with van der Waals surface area (Å²) in [4.78, 5) is 18.9. The second-order valence-corrected chi connectivity index (χ2v) is 11.8. The molecule has 2 aliphatic heterocycles. The molecule has 2 saturated heterocycles. The summed E-state index contributed by atoms with van der Waals surface area (Å²) in [7, 11) is -1.97. The van der Waals surface area contributed by atoms with Crippen LogP contribution in [0, 0.1) is 5.92 Å². The molecule has 2 fully saturated rings. The van der Waals surface area contributed by atoms with Crippen LogP contribution in [0.4, 0.5) is 5.69 Å². The summed E-state index contributed by atoms with van der Waals surface area (Å²) in [6.45, 7) is 2.26. The first-order chi connectivity index (χ1) is 13.4. The van der Waals surface area contributed by atoms with Crippen molar-refractivity contribution < 1.29 is 9.00 Å². The van der Waals surface area contributed by atoms with E-state index in [1.165, 1.54) is 4.88 Å². The molecule has 28 heavy (non-hydrogen) atoms. The Kier molecular flexibility index (Phi) is 5.72. The van der Waals surface area contributed by atoms with Gasteiger partial charge in [-0.2, -0.15) is 0 Å². The van der Waals surface area contributed by atoms with Crippen LogP contribution in [0.1, 0.15) is 23.8 Å². The van der Waals surface area contributed by atoms with Gasteiger partial charge in [-0.3, -0.25) is 9.00 Å². The van der Waals surface area contributed by atoms with Crippen LogP contribution in [0.15, 0.2) is 41.8 Å². The lowest BCUT2D eigenvalue weighted by molar-refractivity contribution is -0.138. The summed E-state index contributed by atoms with van der Waals surface area (Å²) in [5.41, 5.74) is 1.13. The number of hydrogen-bond donors (Lipinski definition) is 0. The van der Waals surface area contributed by atoms with Crippen molar-refractivity contribution in [2.24, 2.45) is 5.92 Å². The number of halogens is 1. The van der Waals surface area contributed by atoms with Gasteiger partial charge in [0.15, 0.2) is 0 Å². The molecule has 0 radical (unpaired) electrons. The molecule has 1 amide bonds. The number of anilines is 1. The largest absolute Gasteiger partial charge is 0.367 e. The van der Waals surface area contributed by atoms with Crippen LogP contribution in [0.2, 0.25) is 5.02 Å². The molecule has 150 valence electrons. The van der Waals surface area contributed by atoms with Crippen molar-refractivity contribution in [3.63, 3.8) is 0 Å². The quantitative estimate of drug-likeness (QED) is 0.685. The van der Waals surface area contributed by atoms with E-state index in [1.54, 1.807) is 11.3 Å². The predicted molar refractivity (Wildman–Crippen MR) is 120 cm³/mol. The van der Waals surface area contributed by atoms with E-state index < -0.39 is 9.52 Å². The molecular formula is C21H25ClN2O2S2. The number of benzene rings is 1. The van der Waals surface area contributed by atoms with Crippen LogP contribution in [0.5, 0.6) is 0 Å². The Balaban J connectivity index is 1.54. The fourth-order valence-electron chi connectivity index (χ4n) is 4.10. The van der Waals surface area contributed by atoms with E-state index in [4.69, 9.17) is 11.6 Å². The molecule has 1 aromatic carbocycles. The minimum absolute atomic E-state index is 0.0270. The van der Waals surface area contributed by atoms with E-state index in [0.717, 1.165) is 23.8 Å². The number of carbonyl (C=O) groups is 1. The molecule has 4 rings (SSSR count). The predicted octanol–water partition coefficient (Wildman–Crippen LogP) is 3.92. The van der Waals surface area contributed by atoms with Crippen molar-refractivity contribution in [2.45, 2.75) is 18.9 Å². The lowest BCUT2D eigenvalue weighted by Crippen LogP contribution is -2.52. The first-order valence-electron chi connectivity index (χ1n) is 9.60. The van der Waals surface area contributed by atoms with Gasteiger partial charge in [0, 0.05) is 52.6 Å². The zero-order valence-corrected chi connectivity index (χ0v) is 18.1. The summed E-state index contributed by atoms with van der Waals surface area (Å²) in [6, 6.07) is 12.1. The van der Waals surface area contributed by atoms with Crippen LogP contribution in [0.25, 0.3) is 0 Å². The third-order valence-corrected chi connectivity index (χ3v) is 8.94. The Bertz CT molecular complexity index is 912. The first-order valence-corrected chi connectivity index (χ1v) is 12.9. The number of thiophene rings is 1. The highest BCUT2D eigenvalue weighted by atomic mass is 35.5. The Hall–Kier alpha value is -1.50. The van der Waals surface area contributed by atoms with Crippen molar-refractivity contribution in [3.05, 3.63) is 51.7 Å². The van der Waals surface area contributed by atoms with E-state index in [1.807, 2.05) is 30.3 Å². The summed E-state index contributed by atoms with van der Waals surface area (Å²) >= 11 is 7.74. The van der Waals surface area contributed by atoms with Crippen molar-refractivity contribution >= 4 is 49.9 Å². The molecule has 1 aromatic heterocycles. The number of amides is 1. The van der Waals surface area contributed by atoms with Crippen LogP contribution >= 0.6 is 22.9 Å². The molecule has 0 saturated carbocycles. The summed E-state index contributed by atoms with van der Waals surface area (Å²) in [6.07, 6.45) is 1.38. The van der Waals surface area contributed by atoms with Gasteiger partial charge < -0.3 is 9.80 Å². The average Bonchev–Trinajstić information content (AvgIpc) is 3.22. The summed E-state index contributed by atoms with van der Waals surface area (Å²) in [5, 5.41) is 2.80. The standard InChI is InChI=1S/C21H25ClN2O2S2/c1-28(26)13-8-16(9-14-28)21(25)24-11-10-23(18-6-4-17(22)5-7-18)15-19(24)20-3-2-12-27-20/h2-7,12,16,19H,1,8-11,13-15H2. The Morgan fingerprint density at radius 3 is 2.50 bits per heavy atom. The van der Waals surface area contributed by atoms with Crippen molar-refractivity contribution in [1.82, 2.24) is 4.90 Å². The van der Waals surface area contributed by atoms with E-state index >= 15 is 0 Å². The number of rotatable bonds is 3. The lowest BCUT2D eigenvalue weighted by atomic mass is 9.98. The summed E-state index contributed by atoms with van der Waals surface area (Å²) < 4.78 is 12.2. The van der Waals surface area contributed by atoms with Crippen LogP contribution in [-0.2, 0) is 14.3 Å². The van der Waals surface area contributed by atoms with Crippen molar-refractivity contribution in [2.75, 3.05) is 36.0 Å². The molecule has 0 N–H and O–H groups in total. The fraction of sp³-hybridized carbons (Fsp3) is 0.429. The molecule has 3 heterocycles. The van der Waals surface area contributed by atoms with Crippen LogP contribution in [0.3, 0.4) is 0 Å². The zero-order valence-electron chi connectivity index (χ0n) is 15.8. The second kappa shape index (κ2) is 8.09. The normalized spacial score (nSPS) is 28.3. The third-order valence-electron chi connectivity index (χ3n) is 5.75. The van der Waals surface area contributed by atoms with Gasteiger partial charge in [0.05, 0.1) is 6.04 Å². The average molecular weight is 437 g/mol. The Labute approximate surface area is 176 Å². The first kappa shape index (κ1) is 19.8. The Morgan fingerprint density at radius 2 is 1.86 bits per heavy atom. The molecule has 2 aromatic rings. The van der Waals surface area contributed by atoms with Crippen LogP contribution < -0.4 is 4.90 Å². The van der Waals surface area contributed by atoms with E-state index in [2.05, 4.69) is 27.1 Å².